The lowest BCUT2D eigenvalue weighted by Gasteiger charge is -2.18. The number of hydrogen-bond acceptors (Lipinski definition) is 4. The van der Waals surface area contributed by atoms with Crippen LogP contribution in [0.3, 0.4) is 0 Å². The minimum Gasteiger partial charge on any atom is -0.481 e. The van der Waals surface area contributed by atoms with Crippen LogP contribution in [0.2, 0.25) is 0 Å². The summed E-state index contributed by atoms with van der Waals surface area (Å²) in [5.74, 6) is -5.79. The largest absolute Gasteiger partial charge is 0.481 e. The number of rotatable bonds is 4. The van der Waals surface area contributed by atoms with Gasteiger partial charge in [0.05, 0.1) is 0 Å². The Morgan fingerprint density at radius 3 is 2.00 bits per heavy atom. The molecule has 11 heavy (non-hydrogen) atoms. The van der Waals surface area contributed by atoms with E-state index in [0.29, 0.717) is 0 Å². The van der Waals surface area contributed by atoms with Crippen LogP contribution in [0.25, 0.3) is 0 Å². The molecule has 0 radical (unpaired) electrons. The van der Waals surface area contributed by atoms with Gasteiger partial charge in [-0.15, -0.1) is 0 Å². The van der Waals surface area contributed by atoms with Crippen molar-refractivity contribution in [3.05, 3.63) is 0 Å². The van der Waals surface area contributed by atoms with Gasteiger partial charge in [0, 0.05) is 7.11 Å². The number of carboxylic acid groups (broad SMARTS) is 2. The molecule has 0 rings (SSSR count). The molecule has 0 bridgehead atoms. The van der Waals surface area contributed by atoms with Crippen LogP contribution in [0.5, 0.6) is 0 Å². The van der Waals surface area contributed by atoms with Crippen molar-refractivity contribution < 1.29 is 29.6 Å². The third-order valence-electron chi connectivity index (χ3n) is 1.06. The SMILES string of the molecule is COC(O)(CC(=O)O)C(=O)O. The first-order chi connectivity index (χ1) is 4.92. The highest BCUT2D eigenvalue weighted by atomic mass is 16.6. The lowest BCUT2D eigenvalue weighted by atomic mass is 10.2. The Labute approximate surface area is 62.0 Å². The molecule has 0 aromatic carbocycles. The fraction of sp³-hybridized carbons (Fsp3) is 0.600. The molecule has 1 unspecified atom stereocenters. The second-order valence-corrected chi connectivity index (χ2v) is 1.86. The number of aliphatic carboxylic acids is 2. The van der Waals surface area contributed by atoms with Crippen LogP contribution in [-0.2, 0) is 14.3 Å². The Kier molecular flexibility index (Phi) is 2.97. The molecule has 6 heteroatoms. The summed E-state index contributed by atoms with van der Waals surface area (Å²) in [4.78, 5) is 20.1. The molecule has 0 fully saturated rings. The molecule has 3 N–H and O–H groups in total. The Morgan fingerprint density at radius 1 is 1.45 bits per heavy atom. The molecular formula is C5H8O6. The summed E-state index contributed by atoms with van der Waals surface area (Å²) in [5, 5.41) is 25.2. The highest BCUT2D eigenvalue weighted by molar-refractivity contribution is 5.82. The minimum atomic E-state index is -2.62. The summed E-state index contributed by atoms with van der Waals surface area (Å²) in [6, 6.07) is 0. The van der Waals surface area contributed by atoms with Gasteiger partial charge in [-0.1, -0.05) is 0 Å². The van der Waals surface area contributed by atoms with Crippen molar-refractivity contribution in [2.75, 3.05) is 7.11 Å². The molecule has 0 heterocycles. The maximum Gasteiger partial charge on any atom is 0.364 e. The summed E-state index contributed by atoms with van der Waals surface area (Å²) in [5.41, 5.74) is 0. The Hall–Kier alpha value is -1.14. The second-order valence-electron chi connectivity index (χ2n) is 1.86. The number of ether oxygens (including phenoxy) is 1. The number of carbonyl (C=O) groups is 2. The van der Waals surface area contributed by atoms with Crippen LogP contribution in [-0.4, -0.2) is 40.2 Å². The van der Waals surface area contributed by atoms with Gasteiger partial charge < -0.3 is 20.1 Å². The zero-order valence-corrected chi connectivity index (χ0v) is 5.77. The van der Waals surface area contributed by atoms with Crippen LogP contribution in [0.1, 0.15) is 6.42 Å². The molecule has 64 valence electrons. The lowest BCUT2D eigenvalue weighted by Crippen LogP contribution is -2.42. The van der Waals surface area contributed by atoms with Gasteiger partial charge >= 0.3 is 11.9 Å². The fourth-order valence-corrected chi connectivity index (χ4v) is 0.440. The Bertz CT molecular complexity index is 176. The van der Waals surface area contributed by atoms with E-state index >= 15 is 0 Å². The van der Waals surface area contributed by atoms with Gasteiger partial charge in [-0.05, 0) is 0 Å². The molecule has 0 aliphatic rings. The monoisotopic (exact) mass is 164 g/mol. The number of aliphatic hydroxyl groups is 1. The molecule has 0 aromatic heterocycles. The van der Waals surface area contributed by atoms with Crippen molar-refractivity contribution in [2.24, 2.45) is 0 Å². The Morgan fingerprint density at radius 2 is 1.91 bits per heavy atom. The Balaban J connectivity index is 4.34. The molecule has 0 saturated heterocycles. The van der Waals surface area contributed by atoms with Crippen LogP contribution >= 0.6 is 0 Å². The maximum atomic E-state index is 10.1. The van der Waals surface area contributed by atoms with Gasteiger partial charge in [-0.3, -0.25) is 4.79 Å². The van der Waals surface area contributed by atoms with Gasteiger partial charge in [0.2, 0.25) is 0 Å². The summed E-state index contributed by atoms with van der Waals surface area (Å²) in [7, 11) is 0.914. The van der Waals surface area contributed by atoms with Crippen molar-refractivity contribution in [3.63, 3.8) is 0 Å². The van der Waals surface area contributed by atoms with E-state index in [1.54, 1.807) is 0 Å². The fourth-order valence-electron chi connectivity index (χ4n) is 0.440. The first-order valence-corrected chi connectivity index (χ1v) is 2.65. The van der Waals surface area contributed by atoms with E-state index in [4.69, 9.17) is 15.3 Å². The van der Waals surface area contributed by atoms with Gasteiger partial charge in [-0.25, -0.2) is 4.79 Å². The zero-order chi connectivity index (χ0) is 9.07. The molecule has 0 aliphatic heterocycles. The topological polar surface area (TPSA) is 104 Å². The predicted molar refractivity (Wildman–Crippen MR) is 31.8 cm³/mol. The molecule has 0 saturated carbocycles. The molecular weight excluding hydrogens is 156 g/mol. The first kappa shape index (κ1) is 9.86. The number of methoxy groups -OCH3 is 1. The highest BCUT2D eigenvalue weighted by Crippen LogP contribution is 2.10. The van der Waals surface area contributed by atoms with Crippen molar-refractivity contribution in [3.8, 4) is 0 Å². The van der Waals surface area contributed by atoms with Crippen LogP contribution in [0.4, 0.5) is 0 Å². The highest BCUT2D eigenvalue weighted by Gasteiger charge is 2.38. The number of hydrogen-bond donors (Lipinski definition) is 3. The van der Waals surface area contributed by atoms with Crippen LogP contribution in [0, 0.1) is 0 Å². The lowest BCUT2D eigenvalue weighted by molar-refractivity contribution is -0.218. The van der Waals surface area contributed by atoms with Crippen LogP contribution in [0.15, 0.2) is 0 Å². The van der Waals surface area contributed by atoms with E-state index in [1.165, 1.54) is 0 Å². The average molecular weight is 164 g/mol. The molecule has 1 atom stereocenters. The smallest absolute Gasteiger partial charge is 0.364 e. The van der Waals surface area contributed by atoms with Crippen molar-refractivity contribution in [2.45, 2.75) is 12.2 Å². The van der Waals surface area contributed by atoms with Gasteiger partial charge in [-0.2, -0.15) is 0 Å². The van der Waals surface area contributed by atoms with Crippen LogP contribution < -0.4 is 0 Å². The normalized spacial score (nSPS) is 15.5. The minimum absolute atomic E-state index is 0.914. The van der Waals surface area contributed by atoms with Gasteiger partial charge in [0.1, 0.15) is 6.42 Å². The molecule has 0 aliphatic carbocycles. The summed E-state index contributed by atoms with van der Waals surface area (Å²) < 4.78 is 4.09. The van der Waals surface area contributed by atoms with E-state index in [2.05, 4.69) is 4.74 Å². The molecule has 0 spiro atoms. The number of carboxylic acids is 2. The maximum absolute atomic E-state index is 10.1. The van der Waals surface area contributed by atoms with E-state index < -0.39 is 24.1 Å². The summed E-state index contributed by atoms with van der Waals surface area (Å²) in [6.45, 7) is 0. The third-order valence-corrected chi connectivity index (χ3v) is 1.06. The van der Waals surface area contributed by atoms with Crippen molar-refractivity contribution >= 4 is 11.9 Å². The third kappa shape index (κ3) is 2.52. The van der Waals surface area contributed by atoms with E-state index in [0.717, 1.165) is 7.11 Å². The van der Waals surface area contributed by atoms with E-state index in [1.807, 2.05) is 0 Å². The zero-order valence-electron chi connectivity index (χ0n) is 5.77. The van der Waals surface area contributed by atoms with Crippen molar-refractivity contribution in [1.29, 1.82) is 0 Å². The molecule has 6 nitrogen and oxygen atoms in total. The molecule has 0 aromatic rings. The predicted octanol–water partition coefficient (Wildman–Crippen LogP) is -1.12. The van der Waals surface area contributed by atoms with Crippen molar-refractivity contribution in [1.82, 2.24) is 0 Å². The average Bonchev–Trinajstić information content (AvgIpc) is 1.86. The summed E-state index contributed by atoms with van der Waals surface area (Å²) in [6.07, 6.45) is -0.987. The van der Waals surface area contributed by atoms with Gasteiger partial charge in [0.15, 0.2) is 0 Å². The van der Waals surface area contributed by atoms with Gasteiger partial charge in [0.25, 0.3) is 5.79 Å². The quantitative estimate of drug-likeness (QED) is 0.454. The summed E-state index contributed by atoms with van der Waals surface area (Å²) >= 11 is 0. The standard InChI is InChI=1S/C5H8O6/c1-11-5(10,4(8)9)2-3(6)7/h10H,2H2,1H3,(H,6,7)(H,8,9). The van der Waals surface area contributed by atoms with E-state index in [9.17, 15) is 9.59 Å². The second kappa shape index (κ2) is 3.31. The first-order valence-electron chi connectivity index (χ1n) is 2.65. The van der Waals surface area contributed by atoms with E-state index in [-0.39, 0.29) is 0 Å². The molecule has 0 amide bonds.